The van der Waals surface area contributed by atoms with Crippen molar-refractivity contribution in [3.8, 4) is 17.4 Å². The molecule has 0 aliphatic heterocycles. The molecule has 0 fully saturated rings. The number of ether oxygens (including phenoxy) is 3. The summed E-state index contributed by atoms with van der Waals surface area (Å²) in [5, 5.41) is 11.1. The second-order valence-corrected chi connectivity index (χ2v) is 4.74. The lowest BCUT2D eigenvalue weighted by Crippen LogP contribution is -2.06. The average molecular weight is 319 g/mol. The van der Waals surface area contributed by atoms with Crippen molar-refractivity contribution in [2.75, 3.05) is 26.1 Å². The van der Waals surface area contributed by atoms with E-state index >= 15 is 0 Å². The highest BCUT2D eigenvalue weighted by Gasteiger charge is 2.19. The van der Waals surface area contributed by atoms with E-state index < -0.39 is 4.92 Å². The second kappa shape index (κ2) is 7.41. The summed E-state index contributed by atoms with van der Waals surface area (Å²) < 4.78 is 16.0. The number of pyridine rings is 1. The van der Waals surface area contributed by atoms with Crippen molar-refractivity contribution < 1.29 is 19.1 Å². The maximum atomic E-state index is 11.1. The first-order chi connectivity index (χ1) is 11.0. The van der Waals surface area contributed by atoms with Crippen LogP contribution in [-0.2, 0) is 4.74 Å². The Hall–Kier alpha value is -2.87. The van der Waals surface area contributed by atoms with Gasteiger partial charge in [-0.1, -0.05) is 0 Å². The van der Waals surface area contributed by atoms with E-state index in [1.807, 2.05) is 0 Å². The first-order valence-corrected chi connectivity index (χ1v) is 6.81. The minimum absolute atomic E-state index is 0.109. The standard InChI is InChI=1S/C15H17N3O5/c1-10-7-12(18(19)20)15(17-9-10)23-13-4-3-11(16)8-14(13)22-6-5-21-2/h3-4,7-9H,5-6,16H2,1-2H3. The summed E-state index contributed by atoms with van der Waals surface area (Å²) in [6.07, 6.45) is 1.49. The fourth-order valence-electron chi connectivity index (χ4n) is 1.81. The third-order valence-corrected chi connectivity index (χ3v) is 2.89. The number of aromatic nitrogens is 1. The van der Waals surface area contributed by atoms with Crippen molar-refractivity contribution in [3.63, 3.8) is 0 Å². The van der Waals surface area contributed by atoms with Gasteiger partial charge in [0.05, 0.1) is 11.5 Å². The molecular weight excluding hydrogens is 302 g/mol. The predicted molar refractivity (Wildman–Crippen MR) is 83.9 cm³/mol. The normalized spacial score (nSPS) is 10.3. The number of hydrogen-bond donors (Lipinski definition) is 1. The van der Waals surface area contributed by atoms with E-state index in [1.54, 1.807) is 32.2 Å². The molecule has 1 heterocycles. The minimum atomic E-state index is -0.544. The molecule has 0 saturated carbocycles. The van der Waals surface area contributed by atoms with Crippen LogP contribution in [-0.4, -0.2) is 30.2 Å². The molecule has 0 aliphatic rings. The maximum Gasteiger partial charge on any atom is 0.331 e. The van der Waals surface area contributed by atoms with Crippen LogP contribution in [0.4, 0.5) is 11.4 Å². The Morgan fingerprint density at radius 1 is 1.26 bits per heavy atom. The van der Waals surface area contributed by atoms with Gasteiger partial charge in [0.25, 0.3) is 5.88 Å². The molecule has 8 heteroatoms. The zero-order valence-electron chi connectivity index (χ0n) is 12.8. The van der Waals surface area contributed by atoms with Crippen LogP contribution >= 0.6 is 0 Å². The van der Waals surface area contributed by atoms with E-state index in [4.69, 9.17) is 19.9 Å². The second-order valence-electron chi connectivity index (χ2n) is 4.74. The fourth-order valence-corrected chi connectivity index (χ4v) is 1.81. The molecule has 8 nitrogen and oxygen atoms in total. The summed E-state index contributed by atoms with van der Waals surface area (Å²) >= 11 is 0. The third kappa shape index (κ3) is 4.30. The molecule has 0 unspecified atom stereocenters. The molecule has 122 valence electrons. The molecule has 1 aromatic carbocycles. The zero-order valence-corrected chi connectivity index (χ0v) is 12.8. The van der Waals surface area contributed by atoms with Gasteiger partial charge in [-0.05, 0) is 24.6 Å². The van der Waals surface area contributed by atoms with Crippen molar-refractivity contribution in [1.82, 2.24) is 4.98 Å². The van der Waals surface area contributed by atoms with Gasteiger partial charge in [-0.15, -0.1) is 0 Å². The van der Waals surface area contributed by atoms with Gasteiger partial charge in [0.15, 0.2) is 11.5 Å². The van der Waals surface area contributed by atoms with Gasteiger partial charge in [-0.3, -0.25) is 10.1 Å². The monoisotopic (exact) mass is 319 g/mol. The molecule has 0 saturated heterocycles. The highest BCUT2D eigenvalue weighted by atomic mass is 16.6. The number of methoxy groups -OCH3 is 1. The zero-order chi connectivity index (χ0) is 16.8. The molecule has 0 bridgehead atoms. The van der Waals surface area contributed by atoms with Gasteiger partial charge >= 0.3 is 5.69 Å². The number of hydrogen-bond acceptors (Lipinski definition) is 7. The number of nitrogen functional groups attached to an aromatic ring is 1. The summed E-state index contributed by atoms with van der Waals surface area (Å²) in [4.78, 5) is 14.6. The van der Waals surface area contributed by atoms with Gasteiger partial charge < -0.3 is 19.9 Å². The van der Waals surface area contributed by atoms with Gasteiger partial charge in [-0.25, -0.2) is 4.98 Å². The van der Waals surface area contributed by atoms with Crippen LogP contribution in [0.2, 0.25) is 0 Å². The highest BCUT2D eigenvalue weighted by molar-refractivity contribution is 5.54. The van der Waals surface area contributed by atoms with Crippen LogP contribution < -0.4 is 15.2 Å². The Morgan fingerprint density at radius 2 is 2.04 bits per heavy atom. The number of benzene rings is 1. The summed E-state index contributed by atoms with van der Waals surface area (Å²) in [5.74, 6) is 0.537. The quantitative estimate of drug-likeness (QED) is 0.361. The van der Waals surface area contributed by atoms with Crippen molar-refractivity contribution in [2.24, 2.45) is 0 Å². The van der Waals surface area contributed by atoms with Crippen molar-refractivity contribution >= 4 is 11.4 Å². The number of rotatable bonds is 7. The van der Waals surface area contributed by atoms with Crippen LogP contribution in [0.25, 0.3) is 0 Å². The van der Waals surface area contributed by atoms with E-state index in [2.05, 4.69) is 4.98 Å². The van der Waals surface area contributed by atoms with Gasteiger partial charge in [0, 0.05) is 31.1 Å². The summed E-state index contributed by atoms with van der Waals surface area (Å²) in [6.45, 7) is 2.39. The molecular formula is C15H17N3O5. The highest BCUT2D eigenvalue weighted by Crippen LogP contribution is 2.36. The Morgan fingerprint density at radius 3 is 2.74 bits per heavy atom. The van der Waals surface area contributed by atoms with Crippen molar-refractivity contribution in [3.05, 3.63) is 46.1 Å². The summed E-state index contributed by atoms with van der Waals surface area (Å²) in [7, 11) is 1.56. The van der Waals surface area contributed by atoms with Crippen molar-refractivity contribution in [1.29, 1.82) is 0 Å². The first-order valence-electron chi connectivity index (χ1n) is 6.81. The van der Waals surface area contributed by atoms with E-state index in [9.17, 15) is 10.1 Å². The van der Waals surface area contributed by atoms with Gasteiger partial charge in [0.1, 0.15) is 6.61 Å². The first kappa shape index (κ1) is 16.5. The van der Waals surface area contributed by atoms with Gasteiger partial charge in [-0.2, -0.15) is 0 Å². The van der Waals surface area contributed by atoms with Crippen LogP contribution in [0.1, 0.15) is 5.56 Å². The van der Waals surface area contributed by atoms with E-state index in [1.165, 1.54) is 12.3 Å². The summed E-state index contributed by atoms with van der Waals surface area (Å²) in [6, 6.07) is 6.15. The van der Waals surface area contributed by atoms with E-state index in [-0.39, 0.29) is 17.3 Å². The topological polar surface area (TPSA) is 110 Å². The summed E-state index contributed by atoms with van der Waals surface area (Å²) in [5.41, 5.74) is 6.66. The largest absolute Gasteiger partial charge is 0.487 e. The average Bonchev–Trinajstić information content (AvgIpc) is 2.51. The molecule has 0 radical (unpaired) electrons. The lowest BCUT2D eigenvalue weighted by atomic mass is 10.2. The molecule has 2 rings (SSSR count). The molecule has 23 heavy (non-hydrogen) atoms. The number of aryl methyl sites for hydroxylation is 1. The van der Waals surface area contributed by atoms with Crippen LogP contribution in [0.3, 0.4) is 0 Å². The Kier molecular flexibility index (Phi) is 5.32. The van der Waals surface area contributed by atoms with Crippen molar-refractivity contribution in [2.45, 2.75) is 6.92 Å². The Bertz CT molecular complexity index is 706. The number of nitro groups is 1. The lowest BCUT2D eigenvalue weighted by Gasteiger charge is -2.12. The maximum absolute atomic E-state index is 11.1. The molecule has 0 aliphatic carbocycles. The minimum Gasteiger partial charge on any atom is -0.487 e. The molecule has 2 aromatic rings. The van der Waals surface area contributed by atoms with Gasteiger partial charge in [0.2, 0.25) is 0 Å². The number of nitrogens with zero attached hydrogens (tertiary/aromatic N) is 2. The van der Waals surface area contributed by atoms with Crippen LogP contribution in [0.5, 0.6) is 17.4 Å². The molecule has 2 N–H and O–H groups in total. The Balaban J connectivity index is 2.31. The van der Waals surface area contributed by atoms with E-state index in [0.717, 1.165) is 0 Å². The Labute approximate surface area is 133 Å². The van der Waals surface area contributed by atoms with E-state index in [0.29, 0.717) is 30.2 Å². The third-order valence-electron chi connectivity index (χ3n) is 2.89. The smallest absolute Gasteiger partial charge is 0.331 e. The van der Waals surface area contributed by atoms with Crippen LogP contribution in [0.15, 0.2) is 30.5 Å². The molecule has 1 aromatic heterocycles. The number of nitrogens with two attached hydrogens (primary N) is 1. The molecule has 0 amide bonds. The molecule has 0 spiro atoms. The predicted octanol–water partition coefficient (Wildman–Crippen LogP) is 2.70. The fraction of sp³-hybridized carbons (Fsp3) is 0.267. The van der Waals surface area contributed by atoms with Crippen LogP contribution in [0, 0.1) is 17.0 Å². The molecule has 0 atom stereocenters. The SMILES string of the molecule is COCCOc1cc(N)ccc1Oc1ncc(C)cc1[N+](=O)[O-]. The lowest BCUT2D eigenvalue weighted by molar-refractivity contribution is -0.386. The number of anilines is 1.